The van der Waals surface area contributed by atoms with Gasteiger partial charge in [-0.25, -0.2) is 9.78 Å². The first-order chi connectivity index (χ1) is 12.6. The van der Waals surface area contributed by atoms with Crippen LogP contribution in [0.25, 0.3) is 10.9 Å². The maximum absolute atomic E-state index is 12.2. The monoisotopic (exact) mass is 376 g/mol. The van der Waals surface area contributed by atoms with Crippen LogP contribution in [0.3, 0.4) is 0 Å². The van der Waals surface area contributed by atoms with Crippen LogP contribution in [-0.4, -0.2) is 47.5 Å². The summed E-state index contributed by atoms with van der Waals surface area (Å²) in [4.78, 5) is 35.3. The molecule has 0 saturated carbocycles. The highest BCUT2D eigenvalue weighted by Gasteiger charge is 2.15. The van der Waals surface area contributed by atoms with E-state index in [0.717, 1.165) is 19.4 Å². The number of thioether (sulfide) groups is 1. The minimum Gasteiger partial charge on any atom is -0.465 e. The zero-order valence-electron chi connectivity index (χ0n) is 14.4. The first kappa shape index (κ1) is 18.4. The third kappa shape index (κ3) is 4.41. The Balaban J connectivity index is 1.71. The van der Waals surface area contributed by atoms with Crippen molar-refractivity contribution in [1.82, 2.24) is 9.97 Å². The zero-order chi connectivity index (χ0) is 18.5. The second-order valence-corrected chi connectivity index (χ2v) is 6.83. The number of nitrogens with two attached hydrogens (primary N) is 1. The molecule has 26 heavy (non-hydrogen) atoms. The van der Waals surface area contributed by atoms with E-state index in [1.54, 1.807) is 12.1 Å². The highest BCUT2D eigenvalue weighted by molar-refractivity contribution is 8.13. The summed E-state index contributed by atoms with van der Waals surface area (Å²) in [6, 6.07) is 4.64. The zero-order valence-corrected chi connectivity index (χ0v) is 15.2. The van der Waals surface area contributed by atoms with Gasteiger partial charge in [0.15, 0.2) is 5.17 Å². The van der Waals surface area contributed by atoms with Crippen LogP contribution in [0.15, 0.2) is 28.0 Å². The van der Waals surface area contributed by atoms with Crippen molar-refractivity contribution >= 4 is 33.8 Å². The Morgan fingerprint density at radius 2 is 2.38 bits per heavy atom. The molecule has 1 fully saturated rings. The summed E-state index contributed by atoms with van der Waals surface area (Å²) >= 11 is 1.29. The van der Waals surface area contributed by atoms with Crippen LogP contribution in [0, 0.1) is 0 Å². The van der Waals surface area contributed by atoms with Gasteiger partial charge in [-0.15, -0.1) is 0 Å². The van der Waals surface area contributed by atoms with Gasteiger partial charge in [0.2, 0.25) is 0 Å². The fourth-order valence-electron chi connectivity index (χ4n) is 2.67. The molecule has 138 valence electrons. The van der Waals surface area contributed by atoms with Crippen LogP contribution in [0.2, 0.25) is 0 Å². The predicted octanol–water partition coefficient (Wildman–Crippen LogP) is 1.44. The van der Waals surface area contributed by atoms with E-state index in [9.17, 15) is 9.59 Å². The van der Waals surface area contributed by atoms with Crippen molar-refractivity contribution in [3.63, 3.8) is 0 Å². The van der Waals surface area contributed by atoms with Gasteiger partial charge in [0.25, 0.3) is 5.56 Å². The maximum Gasteiger partial charge on any atom is 0.337 e. The first-order valence-electron chi connectivity index (χ1n) is 8.22. The molecule has 0 radical (unpaired) electrons. The van der Waals surface area contributed by atoms with Gasteiger partial charge in [-0.3, -0.25) is 9.79 Å². The number of aromatic amines is 1. The molecule has 1 aliphatic rings. The minimum atomic E-state index is -0.476. The highest BCUT2D eigenvalue weighted by Crippen LogP contribution is 2.15. The molecule has 8 nitrogen and oxygen atoms in total. The number of amidine groups is 1. The molecule has 3 N–H and O–H groups in total. The van der Waals surface area contributed by atoms with Gasteiger partial charge < -0.3 is 20.2 Å². The van der Waals surface area contributed by atoms with Gasteiger partial charge in [0.1, 0.15) is 5.82 Å². The Morgan fingerprint density at radius 3 is 3.12 bits per heavy atom. The molecule has 1 saturated heterocycles. The smallest absolute Gasteiger partial charge is 0.337 e. The summed E-state index contributed by atoms with van der Waals surface area (Å²) in [6.45, 7) is 1.33. The topological polar surface area (TPSA) is 120 Å². The number of esters is 1. The van der Waals surface area contributed by atoms with E-state index in [1.165, 1.54) is 24.9 Å². The number of hydrogen-bond donors (Lipinski definition) is 2. The molecular weight excluding hydrogens is 356 g/mol. The third-order valence-electron chi connectivity index (χ3n) is 4.01. The standard InChI is InChI=1S/C17H20N4O4S/c1-24-16(23)10-4-5-12-13(7-10)20-14(21-15(12)22)9-26-17(18)19-8-11-3-2-6-25-11/h4-5,7,11H,2-3,6,8-9H2,1H3,(H2,18,19)(H,20,21,22)/t11-/m1/s1. The number of nitrogens with one attached hydrogen (secondary N) is 1. The van der Waals surface area contributed by atoms with Crippen LogP contribution in [0.5, 0.6) is 0 Å². The number of ether oxygens (including phenoxy) is 2. The van der Waals surface area contributed by atoms with E-state index in [4.69, 9.17) is 15.2 Å². The summed E-state index contributed by atoms with van der Waals surface area (Å²) in [6.07, 6.45) is 2.21. The summed E-state index contributed by atoms with van der Waals surface area (Å²) in [5.41, 5.74) is 6.42. The SMILES string of the molecule is COC(=O)c1ccc2c(=O)[nH]c(CSC(N)=NC[C@H]3CCCO3)nc2c1. The quantitative estimate of drug-likeness (QED) is 0.460. The van der Waals surface area contributed by atoms with Gasteiger partial charge in [-0.2, -0.15) is 0 Å². The summed E-state index contributed by atoms with van der Waals surface area (Å²) in [5.74, 6) is 0.356. The molecule has 2 heterocycles. The van der Waals surface area contributed by atoms with E-state index in [-0.39, 0.29) is 11.7 Å². The van der Waals surface area contributed by atoms with Crippen molar-refractivity contribution < 1.29 is 14.3 Å². The average Bonchev–Trinajstić information content (AvgIpc) is 3.17. The fraction of sp³-hybridized carbons (Fsp3) is 0.412. The Morgan fingerprint density at radius 1 is 1.54 bits per heavy atom. The largest absolute Gasteiger partial charge is 0.465 e. The number of benzene rings is 1. The predicted molar refractivity (Wildman–Crippen MR) is 100 cm³/mol. The Kier molecular flexibility index (Phi) is 5.89. The third-order valence-corrected chi connectivity index (χ3v) is 4.85. The lowest BCUT2D eigenvalue weighted by molar-refractivity contribution is 0.0601. The lowest BCUT2D eigenvalue weighted by atomic mass is 10.1. The molecule has 9 heteroatoms. The van der Waals surface area contributed by atoms with Crippen LogP contribution < -0.4 is 11.3 Å². The number of aliphatic imine (C=N–C) groups is 1. The van der Waals surface area contributed by atoms with Gasteiger partial charge in [0, 0.05) is 6.61 Å². The Hall–Kier alpha value is -2.39. The average molecular weight is 376 g/mol. The molecule has 1 aromatic carbocycles. The van der Waals surface area contributed by atoms with Crippen molar-refractivity contribution in [2.45, 2.75) is 24.7 Å². The highest BCUT2D eigenvalue weighted by atomic mass is 32.2. The molecule has 1 aliphatic heterocycles. The van der Waals surface area contributed by atoms with E-state index in [1.807, 2.05) is 0 Å². The molecule has 0 bridgehead atoms. The van der Waals surface area contributed by atoms with Gasteiger partial charge in [-0.1, -0.05) is 11.8 Å². The molecule has 0 aliphatic carbocycles. The van der Waals surface area contributed by atoms with Crippen LogP contribution in [0.4, 0.5) is 0 Å². The molecule has 0 spiro atoms. The van der Waals surface area contributed by atoms with E-state index >= 15 is 0 Å². The first-order valence-corrected chi connectivity index (χ1v) is 9.21. The number of nitrogens with zero attached hydrogens (tertiary/aromatic N) is 2. The van der Waals surface area contributed by atoms with Crippen molar-refractivity contribution in [3.8, 4) is 0 Å². The summed E-state index contributed by atoms with van der Waals surface area (Å²) in [5, 5.41) is 0.831. The van der Waals surface area contributed by atoms with E-state index < -0.39 is 5.97 Å². The van der Waals surface area contributed by atoms with Crippen molar-refractivity contribution in [3.05, 3.63) is 39.9 Å². The second-order valence-electron chi connectivity index (χ2n) is 5.84. The molecule has 1 atom stereocenters. The lowest BCUT2D eigenvalue weighted by Gasteiger charge is -2.07. The number of hydrogen-bond acceptors (Lipinski definition) is 7. The second kappa shape index (κ2) is 8.33. The number of carbonyl (C=O) groups excluding carboxylic acids is 1. The lowest BCUT2D eigenvalue weighted by Crippen LogP contribution is -2.16. The van der Waals surface area contributed by atoms with Crippen LogP contribution in [0.1, 0.15) is 29.0 Å². The number of fused-ring (bicyclic) bond motifs is 1. The number of methoxy groups -OCH3 is 1. The summed E-state index contributed by atoms with van der Waals surface area (Å²) < 4.78 is 10.2. The molecule has 0 amide bonds. The van der Waals surface area contributed by atoms with Crippen molar-refractivity contribution in [1.29, 1.82) is 0 Å². The van der Waals surface area contributed by atoms with Gasteiger partial charge in [-0.05, 0) is 31.0 Å². The van der Waals surface area contributed by atoms with E-state index in [0.29, 0.717) is 39.8 Å². The summed E-state index contributed by atoms with van der Waals surface area (Å²) in [7, 11) is 1.30. The molecule has 1 aromatic heterocycles. The van der Waals surface area contributed by atoms with Gasteiger partial charge >= 0.3 is 5.97 Å². The number of rotatable bonds is 5. The van der Waals surface area contributed by atoms with Crippen molar-refractivity contribution in [2.75, 3.05) is 20.3 Å². The molecule has 0 unspecified atom stereocenters. The van der Waals surface area contributed by atoms with Crippen LogP contribution in [-0.2, 0) is 15.2 Å². The van der Waals surface area contributed by atoms with Crippen LogP contribution >= 0.6 is 11.8 Å². The normalized spacial score (nSPS) is 17.6. The van der Waals surface area contributed by atoms with Gasteiger partial charge in [0.05, 0.1) is 42.0 Å². The number of aromatic nitrogens is 2. The number of carbonyl (C=O) groups is 1. The maximum atomic E-state index is 12.2. The van der Waals surface area contributed by atoms with Crippen molar-refractivity contribution in [2.24, 2.45) is 10.7 Å². The minimum absolute atomic E-state index is 0.143. The molecule has 2 aromatic rings. The molecular formula is C17H20N4O4S. The molecule has 3 rings (SSSR count). The Bertz CT molecular complexity index is 890. The van der Waals surface area contributed by atoms with E-state index in [2.05, 4.69) is 15.0 Å². The Labute approximate surface area is 154 Å². The number of H-pyrrole nitrogens is 1. The fourth-order valence-corrected chi connectivity index (χ4v) is 3.26.